The van der Waals surface area contributed by atoms with Crippen LogP contribution in [0, 0.1) is 6.92 Å². The van der Waals surface area contributed by atoms with Gasteiger partial charge in [0, 0.05) is 4.47 Å². The molecule has 0 aliphatic carbocycles. The second-order valence-corrected chi connectivity index (χ2v) is 3.96. The number of hydrogen-bond acceptors (Lipinski definition) is 1. The van der Waals surface area contributed by atoms with E-state index in [0.717, 1.165) is 16.5 Å². The maximum absolute atomic E-state index is 5.46. The minimum Gasteiger partial charge on any atom is -0.330 e. The molecule has 0 atom stereocenters. The van der Waals surface area contributed by atoms with E-state index >= 15 is 0 Å². The van der Waals surface area contributed by atoms with Gasteiger partial charge in [0.2, 0.25) is 0 Å². The van der Waals surface area contributed by atoms with E-state index in [1.165, 1.54) is 11.1 Å². The topological polar surface area (TPSA) is 26.0 Å². The SMILES string of the molecule is C=C(CCN)c1ccc(Br)c(C)c1. The first-order valence-electron chi connectivity index (χ1n) is 4.29. The van der Waals surface area contributed by atoms with Gasteiger partial charge in [-0.1, -0.05) is 34.6 Å². The van der Waals surface area contributed by atoms with E-state index in [-0.39, 0.29) is 0 Å². The van der Waals surface area contributed by atoms with Gasteiger partial charge in [0.1, 0.15) is 0 Å². The molecule has 0 unspecified atom stereocenters. The van der Waals surface area contributed by atoms with Crippen LogP contribution >= 0.6 is 15.9 Å². The first kappa shape index (κ1) is 10.5. The number of benzene rings is 1. The third-order valence-corrected chi connectivity index (χ3v) is 2.90. The number of rotatable bonds is 3. The molecular formula is C11H14BrN. The molecule has 1 rings (SSSR count). The molecule has 0 heterocycles. The quantitative estimate of drug-likeness (QED) is 0.863. The van der Waals surface area contributed by atoms with E-state index in [1.54, 1.807) is 0 Å². The maximum Gasteiger partial charge on any atom is 0.0204 e. The van der Waals surface area contributed by atoms with Crippen molar-refractivity contribution in [3.05, 3.63) is 40.4 Å². The first-order valence-corrected chi connectivity index (χ1v) is 5.09. The monoisotopic (exact) mass is 239 g/mol. The van der Waals surface area contributed by atoms with E-state index in [1.807, 2.05) is 6.07 Å². The zero-order valence-corrected chi connectivity index (χ0v) is 9.39. The van der Waals surface area contributed by atoms with Crippen LogP contribution in [0.3, 0.4) is 0 Å². The van der Waals surface area contributed by atoms with E-state index in [0.29, 0.717) is 6.54 Å². The summed E-state index contributed by atoms with van der Waals surface area (Å²) in [6.45, 7) is 6.72. The van der Waals surface area contributed by atoms with Crippen LogP contribution in [0.15, 0.2) is 29.3 Å². The molecule has 2 heteroatoms. The Balaban J connectivity index is 2.90. The Labute approximate surface area is 87.8 Å². The number of aryl methyl sites for hydroxylation is 1. The largest absolute Gasteiger partial charge is 0.330 e. The van der Waals surface area contributed by atoms with Crippen molar-refractivity contribution in [2.24, 2.45) is 5.73 Å². The minimum absolute atomic E-state index is 0.661. The van der Waals surface area contributed by atoms with Gasteiger partial charge in [0.15, 0.2) is 0 Å². The molecule has 70 valence electrons. The Kier molecular flexibility index (Phi) is 3.70. The van der Waals surface area contributed by atoms with Gasteiger partial charge in [-0.15, -0.1) is 0 Å². The van der Waals surface area contributed by atoms with Gasteiger partial charge in [-0.05, 0) is 42.7 Å². The highest BCUT2D eigenvalue weighted by molar-refractivity contribution is 9.10. The smallest absolute Gasteiger partial charge is 0.0204 e. The summed E-state index contributed by atoms with van der Waals surface area (Å²) >= 11 is 3.46. The van der Waals surface area contributed by atoms with Crippen molar-refractivity contribution in [3.8, 4) is 0 Å². The highest BCUT2D eigenvalue weighted by Gasteiger charge is 2.00. The minimum atomic E-state index is 0.661. The van der Waals surface area contributed by atoms with Gasteiger partial charge in [-0.3, -0.25) is 0 Å². The zero-order valence-electron chi connectivity index (χ0n) is 7.81. The lowest BCUT2D eigenvalue weighted by Crippen LogP contribution is -1.99. The summed E-state index contributed by atoms with van der Waals surface area (Å²) < 4.78 is 1.14. The van der Waals surface area contributed by atoms with Crippen molar-refractivity contribution in [2.75, 3.05) is 6.54 Å². The Bertz CT molecular complexity index is 318. The van der Waals surface area contributed by atoms with Gasteiger partial charge in [-0.25, -0.2) is 0 Å². The van der Waals surface area contributed by atoms with E-state index < -0.39 is 0 Å². The first-order chi connectivity index (χ1) is 6.15. The fourth-order valence-corrected chi connectivity index (χ4v) is 1.43. The van der Waals surface area contributed by atoms with Gasteiger partial charge >= 0.3 is 0 Å². The molecule has 0 saturated carbocycles. The molecule has 1 aromatic carbocycles. The second-order valence-electron chi connectivity index (χ2n) is 3.11. The van der Waals surface area contributed by atoms with Crippen molar-refractivity contribution in [1.29, 1.82) is 0 Å². The normalized spacial score (nSPS) is 10.1. The number of nitrogens with two attached hydrogens (primary N) is 1. The predicted octanol–water partition coefficient (Wildman–Crippen LogP) is 3.12. The molecule has 13 heavy (non-hydrogen) atoms. The van der Waals surface area contributed by atoms with E-state index in [4.69, 9.17) is 5.73 Å². The van der Waals surface area contributed by atoms with Crippen LogP contribution in [-0.4, -0.2) is 6.54 Å². The third-order valence-electron chi connectivity index (χ3n) is 2.01. The molecule has 0 aliphatic heterocycles. The van der Waals surface area contributed by atoms with Crippen LogP contribution in [0.5, 0.6) is 0 Å². The van der Waals surface area contributed by atoms with Crippen LogP contribution in [0.25, 0.3) is 5.57 Å². The molecule has 0 amide bonds. The van der Waals surface area contributed by atoms with E-state index in [2.05, 4.69) is 41.6 Å². The fourth-order valence-electron chi connectivity index (χ4n) is 1.18. The van der Waals surface area contributed by atoms with E-state index in [9.17, 15) is 0 Å². The van der Waals surface area contributed by atoms with Crippen LogP contribution in [0.1, 0.15) is 17.5 Å². The van der Waals surface area contributed by atoms with Crippen molar-refractivity contribution in [1.82, 2.24) is 0 Å². The van der Waals surface area contributed by atoms with Crippen LogP contribution < -0.4 is 5.73 Å². The molecule has 0 saturated heterocycles. The molecule has 1 aromatic rings. The lowest BCUT2D eigenvalue weighted by atomic mass is 10.0. The van der Waals surface area contributed by atoms with Crippen molar-refractivity contribution >= 4 is 21.5 Å². The summed E-state index contributed by atoms with van der Waals surface area (Å²) in [4.78, 5) is 0. The summed E-state index contributed by atoms with van der Waals surface area (Å²) in [7, 11) is 0. The lowest BCUT2D eigenvalue weighted by molar-refractivity contribution is 1.02. The highest BCUT2D eigenvalue weighted by Crippen LogP contribution is 2.22. The fraction of sp³-hybridized carbons (Fsp3) is 0.273. The molecule has 2 N–H and O–H groups in total. The summed E-state index contributed by atoms with van der Waals surface area (Å²) in [6.07, 6.45) is 0.862. The molecule has 0 aliphatic rings. The standard InChI is InChI=1S/C11H14BrN/c1-8(5-6-13)10-3-4-11(12)9(2)7-10/h3-4,7H,1,5-6,13H2,2H3. The lowest BCUT2D eigenvalue weighted by Gasteiger charge is -2.06. The van der Waals surface area contributed by atoms with Crippen molar-refractivity contribution < 1.29 is 0 Å². The number of hydrogen-bond donors (Lipinski definition) is 1. The van der Waals surface area contributed by atoms with Crippen molar-refractivity contribution in [3.63, 3.8) is 0 Å². The zero-order chi connectivity index (χ0) is 9.84. The maximum atomic E-state index is 5.46. The average Bonchev–Trinajstić information content (AvgIpc) is 2.10. The summed E-state index contributed by atoms with van der Waals surface area (Å²) in [5.41, 5.74) is 8.99. The Morgan fingerprint density at radius 2 is 2.23 bits per heavy atom. The van der Waals surface area contributed by atoms with Gasteiger partial charge < -0.3 is 5.73 Å². The van der Waals surface area contributed by atoms with Crippen LogP contribution in [-0.2, 0) is 0 Å². The Morgan fingerprint density at radius 3 is 2.77 bits per heavy atom. The highest BCUT2D eigenvalue weighted by atomic mass is 79.9. The Hall–Kier alpha value is -0.600. The molecular weight excluding hydrogens is 226 g/mol. The third kappa shape index (κ3) is 2.68. The van der Waals surface area contributed by atoms with Gasteiger partial charge in [-0.2, -0.15) is 0 Å². The summed E-state index contributed by atoms with van der Waals surface area (Å²) in [5.74, 6) is 0. The molecule has 0 fully saturated rings. The Morgan fingerprint density at radius 1 is 1.54 bits per heavy atom. The summed E-state index contributed by atoms with van der Waals surface area (Å²) in [5, 5.41) is 0. The van der Waals surface area contributed by atoms with Crippen LogP contribution in [0.2, 0.25) is 0 Å². The van der Waals surface area contributed by atoms with Crippen LogP contribution in [0.4, 0.5) is 0 Å². The summed E-state index contributed by atoms with van der Waals surface area (Å²) in [6, 6.07) is 6.24. The molecule has 0 bridgehead atoms. The van der Waals surface area contributed by atoms with Crippen molar-refractivity contribution in [2.45, 2.75) is 13.3 Å². The molecule has 0 spiro atoms. The second kappa shape index (κ2) is 4.58. The molecule has 0 radical (unpaired) electrons. The molecule has 0 aromatic heterocycles. The number of halogens is 1. The van der Waals surface area contributed by atoms with Gasteiger partial charge in [0.25, 0.3) is 0 Å². The average molecular weight is 240 g/mol. The van der Waals surface area contributed by atoms with Gasteiger partial charge in [0.05, 0.1) is 0 Å². The molecule has 1 nitrogen and oxygen atoms in total. The predicted molar refractivity (Wildman–Crippen MR) is 61.6 cm³/mol.